The molecule has 0 aromatic heterocycles. The molecule has 0 saturated heterocycles. The highest BCUT2D eigenvalue weighted by Crippen LogP contribution is 2.26. The van der Waals surface area contributed by atoms with Crippen LogP contribution >= 0.6 is 11.6 Å². The van der Waals surface area contributed by atoms with Gasteiger partial charge in [0.05, 0.1) is 5.92 Å². The van der Waals surface area contributed by atoms with Gasteiger partial charge in [0.1, 0.15) is 6.04 Å². The van der Waals surface area contributed by atoms with Gasteiger partial charge in [-0.05, 0) is 37.6 Å². The van der Waals surface area contributed by atoms with Crippen molar-refractivity contribution in [2.24, 2.45) is 5.92 Å². The summed E-state index contributed by atoms with van der Waals surface area (Å²) in [6.45, 7) is 5.01. The number of aryl methyl sites for hydroxylation is 1. The van der Waals surface area contributed by atoms with E-state index in [1.165, 1.54) is 6.92 Å². The molecule has 0 heterocycles. The Balaban J connectivity index is 3.15. The molecular formula is C14H18ClNO4. The smallest absolute Gasteiger partial charge is 0.326 e. The Morgan fingerprint density at radius 1 is 1.25 bits per heavy atom. The SMILES string of the molecule is Cc1cc(Cl)ccc1N(CC(C)C(=O)O)C(C)C(=O)O. The second kappa shape index (κ2) is 6.61. The molecule has 110 valence electrons. The molecule has 6 heteroatoms. The van der Waals surface area contributed by atoms with Crippen molar-refractivity contribution in [3.63, 3.8) is 0 Å². The lowest BCUT2D eigenvalue weighted by molar-refractivity contribution is -0.142. The number of anilines is 1. The van der Waals surface area contributed by atoms with E-state index in [9.17, 15) is 14.7 Å². The summed E-state index contributed by atoms with van der Waals surface area (Å²) >= 11 is 5.89. The van der Waals surface area contributed by atoms with Gasteiger partial charge >= 0.3 is 11.9 Å². The second-order valence-corrected chi connectivity index (χ2v) is 5.27. The molecule has 2 N–H and O–H groups in total. The van der Waals surface area contributed by atoms with Crippen LogP contribution in [0.3, 0.4) is 0 Å². The van der Waals surface area contributed by atoms with E-state index in [0.29, 0.717) is 10.7 Å². The number of aliphatic carboxylic acids is 2. The highest BCUT2D eigenvalue weighted by Gasteiger charge is 2.26. The van der Waals surface area contributed by atoms with Crippen LogP contribution in [0.2, 0.25) is 5.02 Å². The number of benzene rings is 1. The minimum Gasteiger partial charge on any atom is -0.481 e. The van der Waals surface area contributed by atoms with Gasteiger partial charge < -0.3 is 15.1 Å². The van der Waals surface area contributed by atoms with Gasteiger partial charge in [-0.2, -0.15) is 0 Å². The first-order valence-electron chi connectivity index (χ1n) is 6.22. The Kier molecular flexibility index (Phi) is 5.39. The number of carboxylic acids is 2. The van der Waals surface area contributed by atoms with Crippen LogP contribution in [0.15, 0.2) is 18.2 Å². The molecule has 20 heavy (non-hydrogen) atoms. The van der Waals surface area contributed by atoms with Crippen molar-refractivity contribution in [2.45, 2.75) is 26.8 Å². The van der Waals surface area contributed by atoms with Gasteiger partial charge in [0, 0.05) is 17.3 Å². The lowest BCUT2D eigenvalue weighted by atomic mass is 10.1. The molecular weight excluding hydrogens is 282 g/mol. The summed E-state index contributed by atoms with van der Waals surface area (Å²) in [5.74, 6) is -2.64. The van der Waals surface area contributed by atoms with Gasteiger partial charge in [-0.25, -0.2) is 4.79 Å². The summed E-state index contributed by atoms with van der Waals surface area (Å²) < 4.78 is 0. The van der Waals surface area contributed by atoms with Crippen molar-refractivity contribution >= 4 is 29.2 Å². The molecule has 5 nitrogen and oxygen atoms in total. The van der Waals surface area contributed by atoms with Crippen molar-refractivity contribution in [3.05, 3.63) is 28.8 Å². The third-order valence-corrected chi connectivity index (χ3v) is 3.42. The number of carbonyl (C=O) groups is 2. The minimum atomic E-state index is -1.00. The molecule has 0 spiro atoms. The van der Waals surface area contributed by atoms with Crippen molar-refractivity contribution in [1.82, 2.24) is 0 Å². The summed E-state index contributed by atoms with van der Waals surface area (Å²) in [6.07, 6.45) is 0. The second-order valence-electron chi connectivity index (χ2n) is 4.84. The molecule has 0 aliphatic carbocycles. The number of carboxylic acid groups (broad SMARTS) is 2. The molecule has 2 unspecified atom stereocenters. The Labute approximate surface area is 122 Å². The van der Waals surface area contributed by atoms with E-state index in [0.717, 1.165) is 5.56 Å². The van der Waals surface area contributed by atoms with Gasteiger partial charge in [0.15, 0.2) is 0 Å². The number of halogens is 1. The predicted molar refractivity (Wildman–Crippen MR) is 77.4 cm³/mol. The maximum Gasteiger partial charge on any atom is 0.326 e. The largest absolute Gasteiger partial charge is 0.481 e. The van der Waals surface area contributed by atoms with E-state index >= 15 is 0 Å². The Morgan fingerprint density at radius 3 is 2.30 bits per heavy atom. The quantitative estimate of drug-likeness (QED) is 0.844. The molecule has 1 rings (SSSR count). The zero-order valence-corrected chi connectivity index (χ0v) is 12.4. The molecule has 0 fully saturated rings. The molecule has 0 aliphatic rings. The average Bonchev–Trinajstić information content (AvgIpc) is 2.35. The fraction of sp³-hybridized carbons (Fsp3) is 0.429. The molecule has 0 aliphatic heterocycles. The predicted octanol–water partition coefficient (Wildman–Crippen LogP) is 2.65. The Hall–Kier alpha value is -1.75. The van der Waals surface area contributed by atoms with E-state index in [-0.39, 0.29) is 6.54 Å². The van der Waals surface area contributed by atoms with Gasteiger partial charge in [-0.15, -0.1) is 0 Å². The monoisotopic (exact) mass is 299 g/mol. The van der Waals surface area contributed by atoms with Crippen molar-refractivity contribution in [2.75, 3.05) is 11.4 Å². The molecule has 1 aromatic rings. The number of hydrogen-bond donors (Lipinski definition) is 2. The van der Waals surface area contributed by atoms with Crippen LogP contribution < -0.4 is 4.90 Å². The van der Waals surface area contributed by atoms with Crippen LogP contribution in [-0.2, 0) is 9.59 Å². The van der Waals surface area contributed by atoms with E-state index in [1.807, 2.05) is 6.92 Å². The lowest BCUT2D eigenvalue weighted by Crippen LogP contribution is -2.43. The van der Waals surface area contributed by atoms with Gasteiger partial charge in [-0.3, -0.25) is 4.79 Å². The third-order valence-electron chi connectivity index (χ3n) is 3.19. The minimum absolute atomic E-state index is 0.116. The third kappa shape index (κ3) is 3.87. The van der Waals surface area contributed by atoms with Crippen LogP contribution in [0, 0.1) is 12.8 Å². The van der Waals surface area contributed by atoms with Crippen LogP contribution in [0.5, 0.6) is 0 Å². The van der Waals surface area contributed by atoms with Crippen molar-refractivity contribution in [1.29, 1.82) is 0 Å². The number of nitrogens with zero attached hydrogens (tertiary/aromatic N) is 1. The topological polar surface area (TPSA) is 77.8 Å². The average molecular weight is 300 g/mol. The Bertz CT molecular complexity index is 518. The highest BCUT2D eigenvalue weighted by atomic mass is 35.5. The highest BCUT2D eigenvalue weighted by molar-refractivity contribution is 6.30. The molecule has 2 atom stereocenters. The molecule has 0 bridgehead atoms. The van der Waals surface area contributed by atoms with Gasteiger partial charge in [-0.1, -0.05) is 18.5 Å². The summed E-state index contributed by atoms with van der Waals surface area (Å²) in [7, 11) is 0. The first kappa shape index (κ1) is 16.3. The van der Waals surface area contributed by atoms with Crippen molar-refractivity contribution in [3.8, 4) is 0 Å². The maximum absolute atomic E-state index is 11.2. The van der Waals surface area contributed by atoms with Crippen molar-refractivity contribution < 1.29 is 19.8 Å². The summed E-state index contributed by atoms with van der Waals surface area (Å²) in [4.78, 5) is 23.8. The fourth-order valence-electron chi connectivity index (χ4n) is 1.91. The van der Waals surface area contributed by atoms with Crippen LogP contribution in [0.1, 0.15) is 19.4 Å². The van der Waals surface area contributed by atoms with Gasteiger partial charge in [0.2, 0.25) is 0 Å². The first-order chi connectivity index (χ1) is 9.23. The molecule has 0 radical (unpaired) electrons. The van der Waals surface area contributed by atoms with E-state index in [4.69, 9.17) is 16.7 Å². The summed E-state index contributed by atoms with van der Waals surface area (Å²) in [6, 6.07) is 4.28. The summed E-state index contributed by atoms with van der Waals surface area (Å²) in [5, 5.41) is 18.8. The first-order valence-corrected chi connectivity index (χ1v) is 6.60. The maximum atomic E-state index is 11.2. The van der Waals surface area contributed by atoms with Gasteiger partial charge in [0.25, 0.3) is 0 Å². The lowest BCUT2D eigenvalue weighted by Gasteiger charge is -2.31. The van der Waals surface area contributed by atoms with Crippen LogP contribution in [0.4, 0.5) is 5.69 Å². The Morgan fingerprint density at radius 2 is 1.85 bits per heavy atom. The zero-order valence-electron chi connectivity index (χ0n) is 11.6. The standard InChI is InChI=1S/C14H18ClNO4/c1-8-6-11(15)4-5-12(8)16(10(3)14(19)20)7-9(2)13(17)18/h4-6,9-10H,7H2,1-3H3,(H,17,18)(H,19,20). The number of rotatable bonds is 6. The van der Waals surface area contributed by atoms with Crippen LogP contribution in [0.25, 0.3) is 0 Å². The van der Waals surface area contributed by atoms with E-state index in [1.54, 1.807) is 30.0 Å². The zero-order chi connectivity index (χ0) is 15.4. The molecule has 0 amide bonds. The normalized spacial score (nSPS) is 13.6. The molecule has 0 saturated carbocycles. The summed E-state index contributed by atoms with van der Waals surface area (Å²) in [5.41, 5.74) is 1.49. The fourth-order valence-corrected chi connectivity index (χ4v) is 2.14. The molecule has 1 aromatic carbocycles. The van der Waals surface area contributed by atoms with E-state index < -0.39 is 23.9 Å². The number of hydrogen-bond acceptors (Lipinski definition) is 3. The van der Waals surface area contributed by atoms with E-state index in [2.05, 4.69) is 0 Å². The van der Waals surface area contributed by atoms with Crippen LogP contribution in [-0.4, -0.2) is 34.7 Å².